The highest BCUT2D eigenvalue weighted by Crippen LogP contribution is 2.46. The second-order valence-corrected chi connectivity index (χ2v) is 6.92. The van der Waals surface area contributed by atoms with Crippen molar-refractivity contribution in [2.24, 2.45) is 5.92 Å². The zero-order chi connectivity index (χ0) is 19.3. The summed E-state index contributed by atoms with van der Waals surface area (Å²) in [6, 6.07) is 4.78. The Hall–Kier alpha value is -2.81. The fourth-order valence-electron chi connectivity index (χ4n) is 3.80. The van der Waals surface area contributed by atoms with Gasteiger partial charge in [-0.25, -0.2) is 8.78 Å². The topological polar surface area (TPSA) is 91.5 Å². The molecule has 1 aromatic carbocycles. The van der Waals surface area contributed by atoms with Crippen LogP contribution in [0.4, 0.5) is 8.78 Å². The van der Waals surface area contributed by atoms with Crippen molar-refractivity contribution in [3.63, 3.8) is 0 Å². The normalized spacial score (nSPS) is 28.1. The Morgan fingerprint density at radius 1 is 1.37 bits per heavy atom. The SMILES string of the molecule is Cc1cc([C@H]2C[C@H]3C(=O)N(C)C(=N)N[C@@]3(c3cc(F)ccc3F)CO2)on1. The van der Waals surface area contributed by atoms with Crippen molar-refractivity contribution in [3.05, 3.63) is 52.9 Å². The maximum atomic E-state index is 14.6. The minimum Gasteiger partial charge on any atom is -0.367 e. The van der Waals surface area contributed by atoms with E-state index in [0.717, 1.165) is 23.1 Å². The molecule has 3 atom stereocenters. The minimum atomic E-state index is -1.38. The zero-order valence-electron chi connectivity index (χ0n) is 14.8. The molecule has 0 saturated carbocycles. The molecule has 2 aliphatic heterocycles. The molecule has 0 spiro atoms. The summed E-state index contributed by atoms with van der Waals surface area (Å²) in [5.74, 6) is -2.18. The van der Waals surface area contributed by atoms with Gasteiger partial charge in [0.05, 0.1) is 18.2 Å². The average Bonchev–Trinajstić information content (AvgIpc) is 3.08. The molecule has 0 aliphatic carbocycles. The molecular formula is C18H18F2N4O3. The van der Waals surface area contributed by atoms with Crippen molar-refractivity contribution in [3.8, 4) is 0 Å². The van der Waals surface area contributed by atoms with Gasteiger partial charge in [0.2, 0.25) is 5.91 Å². The highest BCUT2D eigenvalue weighted by Gasteiger charge is 2.56. The lowest BCUT2D eigenvalue weighted by Crippen LogP contribution is -2.68. The third-order valence-corrected chi connectivity index (χ3v) is 5.23. The number of guanidine groups is 1. The summed E-state index contributed by atoms with van der Waals surface area (Å²) in [6.07, 6.45) is -0.374. The molecule has 2 saturated heterocycles. The number of benzene rings is 1. The third-order valence-electron chi connectivity index (χ3n) is 5.23. The van der Waals surface area contributed by atoms with Gasteiger partial charge in [-0.1, -0.05) is 5.16 Å². The molecule has 2 aliphatic rings. The lowest BCUT2D eigenvalue weighted by Gasteiger charge is -2.51. The molecule has 2 N–H and O–H groups in total. The number of nitrogens with one attached hydrogen (secondary N) is 2. The maximum Gasteiger partial charge on any atom is 0.235 e. The maximum absolute atomic E-state index is 14.6. The summed E-state index contributed by atoms with van der Waals surface area (Å²) in [6.45, 7) is 1.63. The van der Waals surface area contributed by atoms with Gasteiger partial charge in [0, 0.05) is 18.7 Å². The number of amides is 1. The summed E-state index contributed by atoms with van der Waals surface area (Å²) in [4.78, 5) is 14.1. The highest BCUT2D eigenvalue weighted by atomic mass is 19.1. The first-order chi connectivity index (χ1) is 12.8. The smallest absolute Gasteiger partial charge is 0.235 e. The Labute approximate surface area is 153 Å². The van der Waals surface area contributed by atoms with Gasteiger partial charge in [-0.05, 0) is 31.5 Å². The molecule has 0 radical (unpaired) electrons. The van der Waals surface area contributed by atoms with E-state index < -0.39 is 29.2 Å². The molecule has 2 fully saturated rings. The molecule has 7 nitrogen and oxygen atoms in total. The fourth-order valence-corrected chi connectivity index (χ4v) is 3.80. The Balaban J connectivity index is 1.79. The van der Waals surface area contributed by atoms with E-state index >= 15 is 0 Å². The number of hydrogen-bond acceptors (Lipinski definition) is 5. The Morgan fingerprint density at radius 3 is 2.85 bits per heavy atom. The van der Waals surface area contributed by atoms with Crippen LogP contribution in [0, 0.1) is 29.9 Å². The number of carbonyl (C=O) groups excluding carboxylic acids is 1. The predicted octanol–water partition coefficient (Wildman–Crippen LogP) is 2.23. The quantitative estimate of drug-likeness (QED) is 0.839. The first-order valence-electron chi connectivity index (χ1n) is 8.46. The number of nitrogens with zero attached hydrogens (tertiary/aromatic N) is 2. The number of aromatic nitrogens is 1. The van der Waals surface area contributed by atoms with Gasteiger partial charge in [-0.15, -0.1) is 0 Å². The van der Waals surface area contributed by atoms with E-state index in [2.05, 4.69) is 10.5 Å². The second kappa shape index (κ2) is 6.12. The van der Waals surface area contributed by atoms with Gasteiger partial charge < -0.3 is 14.6 Å². The number of fused-ring (bicyclic) bond motifs is 1. The van der Waals surface area contributed by atoms with E-state index in [4.69, 9.17) is 14.7 Å². The predicted molar refractivity (Wildman–Crippen MR) is 89.7 cm³/mol. The van der Waals surface area contributed by atoms with E-state index in [-0.39, 0.29) is 30.5 Å². The van der Waals surface area contributed by atoms with E-state index in [1.54, 1.807) is 13.0 Å². The van der Waals surface area contributed by atoms with Crippen LogP contribution in [0.2, 0.25) is 0 Å². The first-order valence-corrected chi connectivity index (χ1v) is 8.46. The van der Waals surface area contributed by atoms with Crippen LogP contribution in [-0.4, -0.2) is 35.6 Å². The molecule has 4 rings (SSSR count). The first kappa shape index (κ1) is 17.6. The van der Waals surface area contributed by atoms with E-state index in [0.29, 0.717) is 11.5 Å². The van der Waals surface area contributed by atoms with Crippen LogP contribution in [0.25, 0.3) is 0 Å². The highest BCUT2D eigenvalue weighted by molar-refractivity contribution is 6.00. The lowest BCUT2D eigenvalue weighted by atomic mass is 9.71. The molecule has 3 heterocycles. The Kier molecular flexibility index (Phi) is 3.99. The van der Waals surface area contributed by atoms with Crippen LogP contribution in [0.5, 0.6) is 0 Å². The molecule has 0 unspecified atom stereocenters. The average molecular weight is 376 g/mol. The number of ether oxygens (including phenoxy) is 1. The molecule has 0 bridgehead atoms. The summed E-state index contributed by atoms with van der Waals surface area (Å²) >= 11 is 0. The molecule has 9 heteroatoms. The monoisotopic (exact) mass is 376 g/mol. The van der Waals surface area contributed by atoms with Gasteiger partial charge in [0.1, 0.15) is 23.3 Å². The third kappa shape index (κ3) is 2.69. The van der Waals surface area contributed by atoms with Gasteiger partial charge >= 0.3 is 0 Å². The molecule has 27 heavy (non-hydrogen) atoms. The van der Waals surface area contributed by atoms with Crippen LogP contribution in [0.15, 0.2) is 28.8 Å². The van der Waals surface area contributed by atoms with Crippen LogP contribution in [0.3, 0.4) is 0 Å². The fraction of sp³-hybridized carbons (Fsp3) is 0.389. The minimum absolute atomic E-state index is 0.0362. The summed E-state index contributed by atoms with van der Waals surface area (Å²) in [5, 5.41) is 14.8. The summed E-state index contributed by atoms with van der Waals surface area (Å²) in [7, 11) is 1.46. The molecule has 2 aromatic rings. The van der Waals surface area contributed by atoms with Crippen LogP contribution < -0.4 is 5.32 Å². The zero-order valence-corrected chi connectivity index (χ0v) is 14.8. The number of hydrogen-bond donors (Lipinski definition) is 2. The van der Waals surface area contributed by atoms with Gasteiger partial charge in [-0.3, -0.25) is 15.1 Å². The van der Waals surface area contributed by atoms with Gasteiger partial charge in [-0.2, -0.15) is 0 Å². The number of carbonyl (C=O) groups is 1. The Morgan fingerprint density at radius 2 is 2.15 bits per heavy atom. The number of halogens is 2. The van der Waals surface area contributed by atoms with Crippen LogP contribution in [0.1, 0.15) is 29.5 Å². The molecule has 1 aromatic heterocycles. The van der Waals surface area contributed by atoms with Gasteiger partial charge in [0.15, 0.2) is 11.7 Å². The second-order valence-electron chi connectivity index (χ2n) is 6.92. The number of rotatable bonds is 2. The summed E-state index contributed by atoms with van der Waals surface area (Å²) in [5.41, 5.74) is -0.738. The van der Waals surface area contributed by atoms with Crippen molar-refractivity contribution < 1.29 is 22.8 Å². The molecule has 1 amide bonds. The van der Waals surface area contributed by atoms with E-state index in [9.17, 15) is 13.6 Å². The largest absolute Gasteiger partial charge is 0.367 e. The van der Waals surface area contributed by atoms with E-state index in [1.807, 2.05) is 0 Å². The molecular weight excluding hydrogens is 358 g/mol. The van der Waals surface area contributed by atoms with E-state index in [1.165, 1.54) is 7.05 Å². The molecule has 142 valence electrons. The van der Waals surface area contributed by atoms with Crippen molar-refractivity contribution >= 4 is 11.9 Å². The Bertz CT molecular complexity index is 931. The lowest BCUT2D eigenvalue weighted by molar-refractivity contribution is -0.151. The van der Waals surface area contributed by atoms with Crippen molar-refractivity contribution in [1.29, 1.82) is 5.41 Å². The van der Waals surface area contributed by atoms with Crippen LogP contribution in [-0.2, 0) is 15.1 Å². The van der Waals surface area contributed by atoms with Crippen molar-refractivity contribution in [1.82, 2.24) is 15.4 Å². The van der Waals surface area contributed by atoms with Crippen molar-refractivity contribution in [2.75, 3.05) is 13.7 Å². The number of aryl methyl sites for hydroxylation is 1. The standard InChI is InChI=1S/C18H18F2N4O3/c1-9-5-15(27-23-9)14-7-12-16(25)24(2)17(21)22-18(12,8-26-14)11-6-10(19)3-4-13(11)20/h3-6,12,14H,7-8H2,1-2H3,(H2,21,22)/t12-,14+,18+/m0/s1. The summed E-state index contributed by atoms with van der Waals surface area (Å²) < 4.78 is 39.6. The van der Waals surface area contributed by atoms with Crippen LogP contribution >= 0.6 is 0 Å². The van der Waals surface area contributed by atoms with Crippen molar-refractivity contribution in [2.45, 2.75) is 25.0 Å². The van der Waals surface area contributed by atoms with Gasteiger partial charge in [0.25, 0.3) is 0 Å².